The number of hydrogen-bond acceptors (Lipinski definition) is 3. The fraction of sp³-hybridized carbons (Fsp3) is 0. The van der Waals surface area contributed by atoms with E-state index in [0.717, 1.165) is 28.2 Å². The lowest BCUT2D eigenvalue weighted by Crippen LogP contribution is -2.10. The molecule has 0 spiro atoms. The van der Waals surface area contributed by atoms with Crippen molar-refractivity contribution in [2.45, 2.75) is 0 Å². The molecule has 1 fully saturated rings. The predicted molar refractivity (Wildman–Crippen MR) is 92.4 cm³/mol. The van der Waals surface area contributed by atoms with Gasteiger partial charge in [-0.2, -0.15) is 0 Å². The minimum absolute atomic E-state index is 0.0673. The zero-order valence-electron chi connectivity index (χ0n) is 12.7. The zero-order chi connectivity index (χ0) is 16.5. The third-order valence-electron chi connectivity index (χ3n) is 4.18. The maximum atomic E-state index is 11.4. The number of rotatable bonds is 3. The van der Waals surface area contributed by atoms with Gasteiger partial charge in [0.1, 0.15) is 0 Å². The number of nitro groups is 1. The van der Waals surface area contributed by atoms with Crippen molar-refractivity contribution in [1.29, 1.82) is 0 Å². The summed E-state index contributed by atoms with van der Waals surface area (Å²) in [7, 11) is 0. The second-order valence-electron chi connectivity index (χ2n) is 5.53. The van der Waals surface area contributed by atoms with Gasteiger partial charge >= 0.3 is 0 Å². The van der Waals surface area contributed by atoms with Crippen LogP contribution in [0.2, 0.25) is 0 Å². The van der Waals surface area contributed by atoms with E-state index in [1.165, 1.54) is 12.3 Å². The number of hydrogen-bond donors (Lipinski definition) is 0. The summed E-state index contributed by atoms with van der Waals surface area (Å²) in [5.74, 6) is 1.80. The molecule has 0 N–H and O–H groups in total. The Hall–Kier alpha value is -2.75. The van der Waals surface area contributed by atoms with E-state index in [0.29, 0.717) is 5.56 Å². The molecular weight excluding hydrogens is 300 g/mol. The van der Waals surface area contributed by atoms with Gasteiger partial charge in [0.25, 0.3) is 5.69 Å². The maximum absolute atomic E-state index is 11.4. The van der Waals surface area contributed by atoms with E-state index < -0.39 is 0 Å². The minimum atomic E-state index is -0.364. The van der Waals surface area contributed by atoms with Crippen LogP contribution < -0.4 is 0 Å². The quantitative estimate of drug-likeness (QED) is 0.534. The average molecular weight is 313 g/mol. The summed E-state index contributed by atoms with van der Waals surface area (Å²) in [4.78, 5) is 15.1. The van der Waals surface area contributed by atoms with Crippen LogP contribution in [0.15, 0.2) is 60.9 Å². The highest BCUT2D eigenvalue weighted by molar-refractivity contribution is 5.90. The summed E-state index contributed by atoms with van der Waals surface area (Å²) in [6, 6.07) is 15.7. The first-order valence-corrected chi connectivity index (χ1v) is 7.58. The van der Waals surface area contributed by atoms with Gasteiger partial charge in [-0.05, 0) is 35.6 Å². The number of pyridine rings is 1. The molecule has 4 heteroatoms. The van der Waals surface area contributed by atoms with Crippen LogP contribution in [0.3, 0.4) is 0 Å². The molecule has 0 atom stereocenters. The Morgan fingerprint density at radius 3 is 2.46 bits per heavy atom. The molecule has 1 aliphatic rings. The molecule has 115 valence electrons. The van der Waals surface area contributed by atoms with E-state index in [1.807, 2.05) is 43.5 Å². The van der Waals surface area contributed by atoms with Gasteiger partial charge in [0, 0.05) is 30.3 Å². The number of nitrogens with zero attached hydrogens (tertiary/aromatic N) is 2. The summed E-state index contributed by atoms with van der Waals surface area (Å²) >= 11 is 0. The molecule has 24 heavy (non-hydrogen) atoms. The van der Waals surface area contributed by atoms with Gasteiger partial charge in [-0.1, -0.05) is 42.5 Å². The van der Waals surface area contributed by atoms with Crippen molar-refractivity contribution in [2.24, 2.45) is 0 Å². The van der Waals surface area contributed by atoms with Crippen molar-refractivity contribution in [1.82, 2.24) is 4.98 Å². The first-order valence-electron chi connectivity index (χ1n) is 7.58. The fourth-order valence-corrected chi connectivity index (χ4v) is 3.10. The number of aromatic nitrogens is 1. The Kier molecular flexibility index (Phi) is 3.73. The average Bonchev–Trinajstić information content (AvgIpc) is 3.10. The van der Waals surface area contributed by atoms with Crippen molar-refractivity contribution < 1.29 is 4.92 Å². The van der Waals surface area contributed by atoms with E-state index >= 15 is 0 Å². The van der Waals surface area contributed by atoms with Crippen LogP contribution >= 0.6 is 0 Å². The molecule has 0 unspecified atom stereocenters. The smallest absolute Gasteiger partial charge is 0.264 e. The zero-order valence-corrected chi connectivity index (χ0v) is 12.7. The molecule has 1 aliphatic carbocycles. The SMILES string of the molecule is O=[N+]([O-])c1ccncc1[C]1[CH][CH][CH][C]1c1cccc2ccccc12. The van der Waals surface area contributed by atoms with Crippen LogP contribution in [-0.4, -0.2) is 9.91 Å². The monoisotopic (exact) mass is 313 g/mol. The topological polar surface area (TPSA) is 56.0 Å². The molecule has 1 saturated carbocycles. The highest BCUT2D eigenvalue weighted by atomic mass is 16.6. The Bertz CT molecular complexity index is 902. The van der Waals surface area contributed by atoms with Gasteiger partial charge in [-0.25, -0.2) is 0 Å². The Labute approximate surface area is 140 Å². The van der Waals surface area contributed by atoms with Crippen LogP contribution in [0.1, 0.15) is 11.1 Å². The molecule has 0 bridgehead atoms. The van der Waals surface area contributed by atoms with Crippen LogP contribution in [0.4, 0.5) is 5.69 Å². The van der Waals surface area contributed by atoms with Crippen molar-refractivity contribution in [2.75, 3.05) is 0 Å². The van der Waals surface area contributed by atoms with Crippen LogP contribution in [0.25, 0.3) is 10.8 Å². The lowest BCUT2D eigenvalue weighted by molar-refractivity contribution is -0.385. The summed E-state index contributed by atoms with van der Waals surface area (Å²) in [6.45, 7) is 0. The first-order chi connectivity index (χ1) is 11.8. The van der Waals surface area contributed by atoms with Crippen LogP contribution in [-0.2, 0) is 0 Å². The molecule has 1 aromatic heterocycles. The fourth-order valence-electron chi connectivity index (χ4n) is 3.10. The van der Waals surface area contributed by atoms with E-state index in [2.05, 4.69) is 23.2 Å². The van der Waals surface area contributed by atoms with Gasteiger partial charge in [0.15, 0.2) is 0 Å². The largest absolute Gasteiger partial charge is 0.276 e. The van der Waals surface area contributed by atoms with Crippen molar-refractivity contribution in [3.05, 3.63) is 113 Å². The minimum Gasteiger partial charge on any atom is -0.264 e. The molecule has 0 saturated heterocycles. The van der Waals surface area contributed by atoms with Crippen LogP contribution in [0, 0.1) is 41.2 Å². The molecule has 0 aliphatic heterocycles. The molecule has 4 rings (SSSR count). The van der Waals surface area contributed by atoms with Gasteiger partial charge in [0.05, 0.1) is 10.5 Å². The van der Waals surface area contributed by atoms with Gasteiger partial charge in [-0.15, -0.1) is 0 Å². The molecule has 4 nitrogen and oxygen atoms in total. The van der Waals surface area contributed by atoms with E-state index in [1.54, 1.807) is 6.20 Å². The molecule has 3 aromatic rings. The van der Waals surface area contributed by atoms with Crippen molar-refractivity contribution in [3.63, 3.8) is 0 Å². The van der Waals surface area contributed by atoms with Gasteiger partial charge < -0.3 is 0 Å². The second kappa shape index (κ2) is 6.04. The normalized spacial score (nSPS) is 15.8. The Balaban J connectivity index is 1.83. The lowest BCUT2D eigenvalue weighted by Gasteiger charge is -2.20. The highest BCUT2D eigenvalue weighted by Gasteiger charge is 2.36. The Morgan fingerprint density at radius 2 is 1.62 bits per heavy atom. The number of benzene rings is 2. The molecule has 0 amide bonds. The molecule has 1 heterocycles. The van der Waals surface area contributed by atoms with Crippen LogP contribution in [0.5, 0.6) is 0 Å². The van der Waals surface area contributed by atoms with E-state index in [9.17, 15) is 10.1 Å². The second-order valence-corrected chi connectivity index (χ2v) is 5.53. The summed E-state index contributed by atoms with van der Waals surface area (Å²) < 4.78 is 0. The first kappa shape index (κ1) is 14.8. The third kappa shape index (κ3) is 2.44. The predicted octanol–water partition coefficient (Wildman–Crippen LogP) is 4.31. The third-order valence-corrected chi connectivity index (χ3v) is 4.18. The summed E-state index contributed by atoms with van der Waals surface area (Å²) in [5, 5.41) is 13.6. The summed E-state index contributed by atoms with van der Waals surface area (Å²) in [6.07, 6.45) is 8.82. The molecular formula is C20H13N2O2. The standard InChI is InChI=1S/C20H13N2O2/c23-22(24)20-11-12-21-13-19(20)18-10-4-9-17(18)16-8-3-6-14-5-1-2-7-15(14)16/h1-13H. The Morgan fingerprint density at radius 1 is 0.875 bits per heavy atom. The van der Waals surface area contributed by atoms with Crippen molar-refractivity contribution in [3.8, 4) is 0 Å². The van der Waals surface area contributed by atoms with E-state index in [-0.39, 0.29) is 10.6 Å². The lowest BCUT2D eigenvalue weighted by atomic mass is 9.82. The van der Waals surface area contributed by atoms with Crippen molar-refractivity contribution >= 4 is 16.5 Å². The molecule has 2 aromatic carbocycles. The maximum Gasteiger partial charge on any atom is 0.276 e. The highest BCUT2D eigenvalue weighted by Crippen LogP contribution is 2.46. The summed E-state index contributed by atoms with van der Waals surface area (Å²) in [5.41, 5.74) is 1.67. The van der Waals surface area contributed by atoms with Gasteiger partial charge in [-0.3, -0.25) is 15.1 Å². The molecule has 5 radical (unpaired) electrons. The number of fused-ring (bicyclic) bond motifs is 1. The van der Waals surface area contributed by atoms with Gasteiger partial charge in [0.2, 0.25) is 0 Å². The van der Waals surface area contributed by atoms with E-state index in [4.69, 9.17) is 0 Å².